The molecule has 1 aliphatic heterocycles. The molecule has 0 N–H and O–H groups in total. The Balaban J connectivity index is 2.05. The van der Waals surface area contributed by atoms with E-state index in [0.717, 1.165) is 45.4 Å². The zero-order chi connectivity index (χ0) is 16.1. The number of para-hydroxylation sites is 1. The summed E-state index contributed by atoms with van der Waals surface area (Å²) in [5.41, 5.74) is 4.15. The Kier molecular flexibility index (Phi) is 5.87. The van der Waals surface area contributed by atoms with E-state index in [2.05, 4.69) is 55.7 Å². The van der Waals surface area contributed by atoms with E-state index in [0.29, 0.717) is 5.91 Å². The third kappa shape index (κ3) is 3.45. The SMILES string of the molecule is CCc1cccc(C)c1N1CCN(C(=O)C(CC)CC)CC1. The Hall–Kier alpha value is -1.51. The van der Waals surface area contributed by atoms with E-state index >= 15 is 0 Å². The molecule has 3 heteroatoms. The van der Waals surface area contributed by atoms with Crippen LogP contribution in [-0.4, -0.2) is 37.0 Å². The van der Waals surface area contributed by atoms with Crippen molar-refractivity contribution in [3.05, 3.63) is 29.3 Å². The van der Waals surface area contributed by atoms with Gasteiger partial charge in [0.1, 0.15) is 0 Å². The quantitative estimate of drug-likeness (QED) is 0.829. The first-order chi connectivity index (χ1) is 10.6. The molecule has 0 spiro atoms. The van der Waals surface area contributed by atoms with Crippen LogP contribution >= 0.6 is 0 Å². The molecule has 1 fully saturated rings. The number of benzene rings is 1. The summed E-state index contributed by atoms with van der Waals surface area (Å²) < 4.78 is 0. The maximum atomic E-state index is 12.5. The lowest BCUT2D eigenvalue weighted by atomic mass is 10.0. The van der Waals surface area contributed by atoms with Gasteiger partial charge >= 0.3 is 0 Å². The number of hydrogen-bond donors (Lipinski definition) is 0. The summed E-state index contributed by atoms with van der Waals surface area (Å²) in [6.45, 7) is 12.2. The van der Waals surface area contributed by atoms with Crippen molar-refractivity contribution in [2.24, 2.45) is 5.92 Å². The summed E-state index contributed by atoms with van der Waals surface area (Å²) in [6, 6.07) is 6.56. The van der Waals surface area contributed by atoms with Crippen LogP contribution in [0.15, 0.2) is 18.2 Å². The van der Waals surface area contributed by atoms with E-state index in [1.165, 1.54) is 16.8 Å². The van der Waals surface area contributed by atoms with Gasteiger partial charge in [0.05, 0.1) is 0 Å². The maximum Gasteiger partial charge on any atom is 0.225 e. The molecule has 2 rings (SSSR count). The zero-order valence-corrected chi connectivity index (χ0v) is 14.6. The van der Waals surface area contributed by atoms with Crippen LogP contribution in [0.2, 0.25) is 0 Å². The number of piperazine rings is 1. The van der Waals surface area contributed by atoms with Crippen molar-refractivity contribution in [1.29, 1.82) is 0 Å². The van der Waals surface area contributed by atoms with E-state index in [-0.39, 0.29) is 5.92 Å². The molecule has 0 aliphatic carbocycles. The average Bonchev–Trinajstić information content (AvgIpc) is 2.55. The first-order valence-corrected chi connectivity index (χ1v) is 8.74. The highest BCUT2D eigenvalue weighted by Gasteiger charge is 2.26. The van der Waals surface area contributed by atoms with Gasteiger partial charge < -0.3 is 9.80 Å². The largest absolute Gasteiger partial charge is 0.368 e. The van der Waals surface area contributed by atoms with E-state index in [9.17, 15) is 4.79 Å². The van der Waals surface area contributed by atoms with E-state index in [1.54, 1.807) is 0 Å². The molecule has 1 aliphatic rings. The molecular formula is C19H30N2O. The number of rotatable bonds is 5. The summed E-state index contributed by atoms with van der Waals surface area (Å²) in [7, 11) is 0. The van der Waals surface area contributed by atoms with Gasteiger partial charge in [-0.25, -0.2) is 0 Å². The number of aryl methyl sites for hydroxylation is 2. The molecule has 3 nitrogen and oxygen atoms in total. The molecule has 0 atom stereocenters. The molecule has 122 valence electrons. The Morgan fingerprint density at radius 1 is 1.09 bits per heavy atom. The molecule has 0 unspecified atom stereocenters. The standard InChI is InChI=1S/C19H30N2O/c1-5-16(6-2)19(22)21-13-11-20(12-14-21)18-15(4)9-8-10-17(18)7-3/h8-10,16H,5-7,11-14H2,1-4H3. The molecular weight excluding hydrogens is 272 g/mol. The van der Waals surface area contributed by atoms with Crippen LogP contribution in [0.4, 0.5) is 5.69 Å². The molecule has 0 aromatic heterocycles. The maximum absolute atomic E-state index is 12.5. The highest BCUT2D eigenvalue weighted by atomic mass is 16.2. The van der Waals surface area contributed by atoms with E-state index in [1.807, 2.05) is 0 Å². The zero-order valence-electron chi connectivity index (χ0n) is 14.6. The van der Waals surface area contributed by atoms with Gasteiger partial charge in [-0.2, -0.15) is 0 Å². The van der Waals surface area contributed by atoms with Gasteiger partial charge in [0.2, 0.25) is 5.91 Å². The van der Waals surface area contributed by atoms with Gasteiger partial charge in [0.25, 0.3) is 0 Å². The molecule has 0 radical (unpaired) electrons. The predicted molar refractivity (Wildman–Crippen MR) is 93.4 cm³/mol. The summed E-state index contributed by atoms with van der Waals surface area (Å²) >= 11 is 0. The van der Waals surface area contributed by atoms with E-state index in [4.69, 9.17) is 0 Å². The van der Waals surface area contributed by atoms with Crippen molar-refractivity contribution in [1.82, 2.24) is 4.90 Å². The molecule has 22 heavy (non-hydrogen) atoms. The minimum atomic E-state index is 0.205. The van der Waals surface area contributed by atoms with Crippen LogP contribution in [0.1, 0.15) is 44.7 Å². The number of anilines is 1. The van der Waals surface area contributed by atoms with Crippen molar-refractivity contribution < 1.29 is 4.79 Å². The van der Waals surface area contributed by atoms with Crippen molar-refractivity contribution in [3.63, 3.8) is 0 Å². The predicted octanol–water partition coefficient (Wildman–Crippen LogP) is 3.64. The topological polar surface area (TPSA) is 23.6 Å². The van der Waals surface area contributed by atoms with Crippen molar-refractivity contribution in [2.75, 3.05) is 31.1 Å². The van der Waals surface area contributed by atoms with Crippen LogP contribution in [0.25, 0.3) is 0 Å². The monoisotopic (exact) mass is 302 g/mol. The molecule has 1 heterocycles. The third-order valence-electron chi connectivity index (χ3n) is 4.94. The minimum Gasteiger partial charge on any atom is -0.368 e. The lowest BCUT2D eigenvalue weighted by Gasteiger charge is -2.39. The highest BCUT2D eigenvalue weighted by Crippen LogP contribution is 2.27. The highest BCUT2D eigenvalue weighted by molar-refractivity contribution is 5.79. The van der Waals surface area contributed by atoms with Crippen LogP contribution in [0, 0.1) is 12.8 Å². The summed E-state index contributed by atoms with van der Waals surface area (Å²) in [5, 5.41) is 0. The van der Waals surface area contributed by atoms with Crippen LogP contribution in [0.5, 0.6) is 0 Å². The van der Waals surface area contributed by atoms with Crippen LogP contribution in [-0.2, 0) is 11.2 Å². The van der Waals surface area contributed by atoms with E-state index < -0.39 is 0 Å². The second-order valence-corrected chi connectivity index (χ2v) is 6.26. The molecule has 1 aromatic carbocycles. The first-order valence-electron chi connectivity index (χ1n) is 8.74. The molecule has 1 aromatic rings. The fourth-order valence-electron chi connectivity index (χ4n) is 3.50. The Morgan fingerprint density at radius 2 is 1.73 bits per heavy atom. The second-order valence-electron chi connectivity index (χ2n) is 6.26. The molecule has 0 saturated carbocycles. The van der Waals surface area contributed by atoms with Gasteiger partial charge in [-0.15, -0.1) is 0 Å². The number of nitrogens with zero attached hydrogens (tertiary/aromatic N) is 2. The smallest absolute Gasteiger partial charge is 0.225 e. The first kappa shape index (κ1) is 16.9. The summed E-state index contributed by atoms with van der Waals surface area (Å²) in [5.74, 6) is 0.557. The molecule has 0 bridgehead atoms. The van der Waals surface area contributed by atoms with Crippen molar-refractivity contribution in [3.8, 4) is 0 Å². The van der Waals surface area contributed by atoms with Gasteiger partial charge in [-0.1, -0.05) is 39.0 Å². The number of carbonyl (C=O) groups is 1. The minimum absolute atomic E-state index is 0.205. The van der Waals surface area contributed by atoms with Gasteiger partial charge in [-0.3, -0.25) is 4.79 Å². The fraction of sp³-hybridized carbons (Fsp3) is 0.632. The second kappa shape index (κ2) is 7.66. The number of carbonyl (C=O) groups excluding carboxylic acids is 1. The molecule has 1 saturated heterocycles. The van der Waals surface area contributed by atoms with Gasteiger partial charge in [0, 0.05) is 37.8 Å². The Bertz CT molecular complexity index is 500. The number of amides is 1. The number of hydrogen-bond acceptors (Lipinski definition) is 2. The third-order valence-corrected chi connectivity index (χ3v) is 4.94. The van der Waals surface area contributed by atoms with Crippen molar-refractivity contribution >= 4 is 11.6 Å². The normalized spacial score (nSPS) is 15.5. The molecule has 1 amide bonds. The fourth-order valence-corrected chi connectivity index (χ4v) is 3.50. The lowest BCUT2D eigenvalue weighted by Crippen LogP contribution is -2.50. The summed E-state index contributed by atoms with van der Waals surface area (Å²) in [4.78, 5) is 17.0. The van der Waals surface area contributed by atoms with Crippen LogP contribution < -0.4 is 4.90 Å². The van der Waals surface area contributed by atoms with Gasteiger partial charge in [0.15, 0.2) is 0 Å². The van der Waals surface area contributed by atoms with Gasteiger partial charge in [-0.05, 0) is 37.3 Å². The van der Waals surface area contributed by atoms with Crippen molar-refractivity contribution in [2.45, 2.75) is 47.0 Å². The van der Waals surface area contributed by atoms with Crippen LogP contribution in [0.3, 0.4) is 0 Å². The summed E-state index contributed by atoms with van der Waals surface area (Å²) in [6.07, 6.45) is 2.96. The Labute approximate surface area is 135 Å². The Morgan fingerprint density at radius 3 is 2.27 bits per heavy atom. The average molecular weight is 302 g/mol. The lowest BCUT2D eigenvalue weighted by molar-refractivity contribution is -0.136.